The third kappa shape index (κ3) is 13.9. The number of carbonyl (C=O) groups is 4. The fourth-order valence-corrected chi connectivity index (χ4v) is 8.30. The van der Waals surface area contributed by atoms with Crippen molar-refractivity contribution < 1.29 is 55.3 Å². The monoisotopic (exact) mass is 824 g/mol. The quantitative estimate of drug-likeness (QED) is 0.264. The second-order valence-electron chi connectivity index (χ2n) is 15.7. The molecule has 0 aromatic heterocycles. The lowest BCUT2D eigenvalue weighted by Crippen LogP contribution is -2.58. The molecule has 3 atom stereocenters. The number of aryl methyl sites for hydroxylation is 2. The second kappa shape index (κ2) is 19.5. The predicted octanol–water partition coefficient (Wildman–Crippen LogP) is 2.48. The molecular weight excluding hydrogens is 769 g/mol. The minimum absolute atomic E-state index is 0.0177. The van der Waals surface area contributed by atoms with Crippen LogP contribution in [0, 0.1) is 25.2 Å². The number of carbonyl (C=O) groups excluding carboxylic acids is 3. The number of amides is 2. The summed E-state index contributed by atoms with van der Waals surface area (Å²) in [5.74, 6) is -4.15. The third-order valence-electron chi connectivity index (χ3n) is 8.77. The van der Waals surface area contributed by atoms with E-state index in [1.165, 1.54) is 34.1 Å². The number of rotatable bonds is 12. The van der Waals surface area contributed by atoms with Crippen LogP contribution in [0.5, 0.6) is 0 Å². The Morgan fingerprint density at radius 3 is 1.46 bits per heavy atom. The molecule has 312 valence electrons. The Bertz CT molecular complexity index is 1880. The number of carboxylic acid groups (broad SMARTS) is 1. The van der Waals surface area contributed by atoms with E-state index in [1.54, 1.807) is 65.8 Å². The Labute approximate surface area is 330 Å². The number of carboxylic acids is 1. The van der Waals surface area contributed by atoms with Crippen molar-refractivity contribution in [1.82, 2.24) is 19.2 Å². The maximum atomic E-state index is 13.1. The molecule has 2 aliphatic rings. The van der Waals surface area contributed by atoms with Crippen molar-refractivity contribution in [1.29, 1.82) is 0 Å². The Morgan fingerprint density at radius 1 is 0.696 bits per heavy atom. The van der Waals surface area contributed by atoms with Crippen molar-refractivity contribution >= 4 is 43.8 Å². The first-order valence-electron chi connectivity index (χ1n) is 18.3. The number of sulfonamides is 2. The number of aliphatic carboxylic acids is 1. The van der Waals surface area contributed by atoms with Crippen LogP contribution in [0.2, 0.25) is 0 Å². The molecule has 4 rings (SSSR count). The number of benzene rings is 2. The van der Waals surface area contributed by atoms with E-state index in [4.69, 9.17) is 14.2 Å². The number of hydrogen-bond acceptors (Lipinski definition) is 11. The highest BCUT2D eigenvalue weighted by Gasteiger charge is 2.45. The average molecular weight is 825 g/mol. The summed E-state index contributed by atoms with van der Waals surface area (Å²) < 4.78 is 71.8. The molecule has 3 N–H and O–H groups in total. The molecule has 0 bridgehead atoms. The molecule has 56 heavy (non-hydrogen) atoms. The first-order chi connectivity index (χ1) is 25.9. The van der Waals surface area contributed by atoms with Gasteiger partial charge in [0.2, 0.25) is 31.9 Å². The van der Waals surface area contributed by atoms with E-state index in [9.17, 15) is 41.1 Å². The van der Waals surface area contributed by atoms with Gasteiger partial charge in [-0.1, -0.05) is 56.2 Å². The first kappa shape index (κ1) is 46.4. The van der Waals surface area contributed by atoms with Crippen molar-refractivity contribution in [3.8, 4) is 0 Å². The Kier molecular flexibility index (Phi) is 16.2. The van der Waals surface area contributed by atoms with Gasteiger partial charge < -0.3 is 29.1 Å². The number of ether oxygens (including phenoxy) is 3. The van der Waals surface area contributed by atoms with Crippen molar-refractivity contribution in [3.05, 3.63) is 59.7 Å². The highest BCUT2D eigenvalue weighted by molar-refractivity contribution is 7.89. The van der Waals surface area contributed by atoms with E-state index in [-0.39, 0.29) is 22.9 Å². The summed E-state index contributed by atoms with van der Waals surface area (Å²) in [6.45, 7) is 16.5. The zero-order valence-electron chi connectivity index (χ0n) is 33.4. The minimum atomic E-state index is -4.09. The Morgan fingerprint density at radius 2 is 1.09 bits per heavy atom. The first-order valence-corrected chi connectivity index (χ1v) is 21.2. The average Bonchev–Trinajstić information content (AvgIpc) is 3.10. The van der Waals surface area contributed by atoms with Crippen LogP contribution in [-0.4, -0.2) is 126 Å². The lowest BCUT2D eigenvalue weighted by atomic mass is 9.76. The van der Waals surface area contributed by atoms with Crippen LogP contribution in [-0.2, 0) is 53.4 Å². The lowest BCUT2D eigenvalue weighted by molar-refractivity contribution is -0.157. The van der Waals surface area contributed by atoms with E-state index >= 15 is 0 Å². The summed E-state index contributed by atoms with van der Waals surface area (Å²) >= 11 is 0. The van der Waals surface area contributed by atoms with Gasteiger partial charge in [-0.3, -0.25) is 19.2 Å². The van der Waals surface area contributed by atoms with Gasteiger partial charge in [-0.2, -0.15) is 9.44 Å². The fraction of sp³-hybridized carbons (Fsp3) is 0.579. The normalized spacial score (nSPS) is 17.1. The molecule has 2 fully saturated rings. The van der Waals surface area contributed by atoms with Crippen molar-refractivity contribution in [2.75, 3.05) is 52.6 Å². The van der Waals surface area contributed by atoms with Gasteiger partial charge in [-0.15, -0.1) is 0 Å². The van der Waals surface area contributed by atoms with Crippen molar-refractivity contribution in [2.24, 2.45) is 11.3 Å². The molecule has 2 amide bonds. The van der Waals surface area contributed by atoms with Crippen LogP contribution in [0.1, 0.15) is 59.1 Å². The summed E-state index contributed by atoms with van der Waals surface area (Å²) in [7, 11) is -8.08. The number of nitrogens with one attached hydrogen (secondary N) is 2. The van der Waals surface area contributed by atoms with Crippen LogP contribution >= 0.6 is 0 Å². The van der Waals surface area contributed by atoms with Crippen LogP contribution in [0.4, 0.5) is 0 Å². The molecule has 2 aromatic carbocycles. The molecule has 2 aliphatic heterocycles. The standard InChI is InChI=1S/2C19H28N2O6S/c1-14-5-7-15(8-6-14)28(24,25)20-16(13-17(22)27-19(2,3)4)18(23)21-9-11-26-12-10-21;1-13-5-7-14(8-6-13)28(25,26)20-16(15(18(23)24)19(2,3)4)17(22)21-9-11-27-12-10-21/h5-8,16,20H,9-13H2,1-4H3;5-8,15-16,20H,9-12H2,1-4H3,(H,23,24)/t16-;15-,16?/m00/s1. The second-order valence-corrected chi connectivity index (χ2v) is 19.2. The van der Waals surface area contributed by atoms with E-state index in [0.717, 1.165) is 11.1 Å². The van der Waals surface area contributed by atoms with Crippen LogP contribution in [0.15, 0.2) is 58.3 Å². The van der Waals surface area contributed by atoms with Crippen LogP contribution in [0.3, 0.4) is 0 Å². The summed E-state index contributed by atoms with van der Waals surface area (Å²) in [5, 5.41) is 9.80. The third-order valence-corrected chi connectivity index (χ3v) is 11.7. The molecule has 2 heterocycles. The molecule has 2 aromatic rings. The van der Waals surface area contributed by atoms with E-state index in [2.05, 4.69) is 9.44 Å². The minimum Gasteiger partial charge on any atom is -0.481 e. The molecule has 1 unspecified atom stereocenters. The molecular formula is C38H56N4O12S2. The van der Waals surface area contributed by atoms with Gasteiger partial charge in [0.25, 0.3) is 0 Å². The predicted molar refractivity (Wildman–Crippen MR) is 206 cm³/mol. The highest BCUT2D eigenvalue weighted by atomic mass is 32.2. The Balaban J connectivity index is 0.000000300. The number of esters is 1. The van der Waals surface area contributed by atoms with Gasteiger partial charge >= 0.3 is 11.9 Å². The van der Waals surface area contributed by atoms with Crippen molar-refractivity contribution in [2.45, 2.75) is 89.3 Å². The molecule has 0 spiro atoms. The zero-order chi connectivity index (χ0) is 42.1. The summed E-state index contributed by atoms with van der Waals surface area (Å²) in [4.78, 5) is 53.3. The summed E-state index contributed by atoms with van der Waals surface area (Å²) in [6.07, 6.45) is -0.390. The van der Waals surface area contributed by atoms with Gasteiger partial charge in [-0.05, 0) is 64.3 Å². The van der Waals surface area contributed by atoms with E-state index in [0.29, 0.717) is 39.5 Å². The SMILES string of the molecule is Cc1ccc(S(=O)(=O)NC(C(=O)N2CCOCC2)[C@@H](C(=O)O)C(C)(C)C)cc1.Cc1ccc(S(=O)(=O)N[C@@H](CC(=O)OC(C)(C)C)C(=O)N2CCOCC2)cc1. The van der Waals surface area contributed by atoms with Crippen molar-refractivity contribution in [3.63, 3.8) is 0 Å². The van der Waals surface area contributed by atoms with Crippen LogP contribution < -0.4 is 9.44 Å². The lowest BCUT2D eigenvalue weighted by Gasteiger charge is -2.37. The maximum absolute atomic E-state index is 13.1. The van der Waals surface area contributed by atoms with Gasteiger partial charge in [-0.25, -0.2) is 16.8 Å². The molecule has 2 saturated heterocycles. The summed E-state index contributed by atoms with van der Waals surface area (Å²) in [6, 6.07) is 9.73. The topological polar surface area (TPSA) is 215 Å². The van der Waals surface area contributed by atoms with E-state index < -0.39 is 79.2 Å². The molecule has 16 nitrogen and oxygen atoms in total. The largest absolute Gasteiger partial charge is 0.481 e. The molecule has 0 aliphatic carbocycles. The molecule has 0 saturated carbocycles. The van der Waals surface area contributed by atoms with Gasteiger partial charge in [0.1, 0.15) is 17.7 Å². The molecule has 0 radical (unpaired) electrons. The number of morpholine rings is 2. The van der Waals surface area contributed by atoms with Gasteiger partial charge in [0.05, 0.1) is 48.6 Å². The highest BCUT2D eigenvalue weighted by Crippen LogP contribution is 2.31. The van der Waals surface area contributed by atoms with Gasteiger partial charge in [0, 0.05) is 26.2 Å². The number of hydrogen-bond donors (Lipinski definition) is 3. The number of nitrogens with zero attached hydrogens (tertiary/aromatic N) is 2. The smallest absolute Gasteiger partial charge is 0.309 e. The fourth-order valence-electron chi connectivity index (χ4n) is 5.91. The summed E-state index contributed by atoms with van der Waals surface area (Å²) in [5.41, 5.74) is 0.208. The van der Waals surface area contributed by atoms with Crippen LogP contribution in [0.25, 0.3) is 0 Å². The van der Waals surface area contributed by atoms with Gasteiger partial charge in [0.15, 0.2) is 0 Å². The molecule has 18 heteroatoms. The van der Waals surface area contributed by atoms with E-state index in [1.807, 2.05) is 13.8 Å². The Hall–Kier alpha value is -3.94. The maximum Gasteiger partial charge on any atom is 0.309 e. The zero-order valence-corrected chi connectivity index (χ0v) is 35.0.